The molecule has 1 saturated heterocycles. The van der Waals surface area contributed by atoms with Crippen molar-refractivity contribution in [2.24, 2.45) is 0 Å². The minimum Gasteiger partial charge on any atom is -0.497 e. The Morgan fingerprint density at radius 2 is 1.65 bits per heavy atom. The number of methoxy groups -OCH3 is 1. The molecule has 8 heteroatoms. The van der Waals surface area contributed by atoms with E-state index < -0.39 is 16.1 Å². The number of aryl methyl sites for hydroxylation is 1. The Labute approximate surface area is 185 Å². The SMILES string of the molecule is COc1ccc(N([C@H](C)C(=O)N2CCN(c3cccc(C)c3C)CC2)S(C)(=O)=O)cc1. The van der Waals surface area contributed by atoms with E-state index in [1.54, 1.807) is 43.2 Å². The molecule has 0 unspecified atom stereocenters. The number of carbonyl (C=O) groups is 1. The lowest BCUT2D eigenvalue weighted by molar-refractivity contribution is -0.132. The third-order valence-electron chi connectivity index (χ3n) is 5.90. The number of rotatable bonds is 6. The second-order valence-electron chi connectivity index (χ2n) is 7.96. The van der Waals surface area contributed by atoms with Gasteiger partial charge in [-0.3, -0.25) is 9.10 Å². The van der Waals surface area contributed by atoms with Crippen LogP contribution in [0.1, 0.15) is 18.1 Å². The highest BCUT2D eigenvalue weighted by Crippen LogP contribution is 2.26. The fourth-order valence-corrected chi connectivity index (χ4v) is 5.21. The Morgan fingerprint density at radius 3 is 2.19 bits per heavy atom. The minimum absolute atomic E-state index is 0.193. The maximum atomic E-state index is 13.2. The molecule has 0 saturated carbocycles. The van der Waals surface area contributed by atoms with Gasteiger partial charge in [0.05, 0.1) is 19.1 Å². The third-order valence-corrected chi connectivity index (χ3v) is 7.14. The van der Waals surface area contributed by atoms with Crippen LogP contribution in [0.2, 0.25) is 0 Å². The number of hydrogen-bond acceptors (Lipinski definition) is 5. The standard InChI is InChI=1S/C23H31N3O4S/c1-17-7-6-8-22(18(17)2)24-13-15-25(16-14-24)23(27)19(3)26(31(5,28)29)20-9-11-21(30-4)12-10-20/h6-12,19H,13-16H2,1-5H3/t19-/m1/s1. The Balaban J connectivity index is 1.74. The van der Waals surface area contributed by atoms with Gasteiger partial charge in [0.1, 0.15) is 11.8 Å². The van der Waals surface area contributed by atoms with Crippen molar-refractivity contribution in [3.8, 4) is 5.75 Å². The molecule has 168 valence electrons. The lowest BCUT2D eigenvalue weighted by Crippen LogP contribution is -2.55. The number of benzene rings is 2. The molecule has 0 aliphatic carbocycles. The van der Waals surface area contributed by atoms with Gasteiger partial charge in [-0.05, 0) is 62.2 Å². The summed E-state index contributed by atoms with van der Waals surface area (Å²) in [5.74, 6) is 0.431. The third kappa shape index (κ3) is 4.95. The summed E-state index contributed by atoms with van der Waals surface area (Å²) in [6.07, 6.45) is 1.12. The second-order valence-corrected chi connectivity index (χ2v) is 9.82. The van der Waals surface area contributed by atoms with Crippen LogP contribution >= 0.6 is 0 Å². The second kappa shape index (κ2) is 9.18. The van der Waals surface area contributed by atoms with Crippen LogP contribution in [-0.2, 0) is 14.8 Å². The largest absolute Gasteiger partial charge is 0.497 e. The summed E-state index contributed by atoms with van der Waals surface area (Å²) in [5.41, 5.74) is 4.13. The summed E-state index contributed by atoms with van der Waals surface area (Å²) in [4.78, 5) is 17.3. The number of piperazine rings is 1. The monoisotopic (exact) mass is 445 g/mol. The Hall–Kier alpha value is -2.74. The first-order valence-electron chi connectivity index (χ1n) is 10.4. The molecule has 3 rings (SSSR count). The van der Waals surface area contributed by atoms with Gasteiger partial charge in [0, 0.05) is 31.9 Å². The summed E-state index contributed by atoms with van der Waals surface area (Å²) < 4.78 is 31.4. The minimum atomic E-state index is -3.65. The van der Waals surface area contributed by atoms with Crippen LogP contribution in [-0.4, -0.2) is 64.8 Å². The van der Waals surface area contributed by atoms with Gasteiger partial charge in [0.25, 0.3) is 0 Å². The molecule has 2 aromatic rings. The molecule has 1 atom stereocenters. The highest BCUT2D eigenvalue weighted by molar-refractivity contribution is 7.92. The average molecular weight is 446 g/mol. The smallest absolute Gasteiger partial charge is 0.246 e. The zero-order valence-corrected chi connectivity index (χ0v) is 19.6. The van der Waals surface area contributed by atoms with Crippen molar-refractivity contribution in [1.29, 1.82) is 0 Å². The summed E-state index contributed by atoms with van der Waals surface area (Å²) in [7, 11) is -2.10. The van der Waals surface area contributed by atoms with Crippen molar-refractivity contribution in [3.05, 3.63) is 53.6 Å². The van der Waals surface area contributed by atoms with Crippen LogP contribution in [0.3, 0.4) is 0 Å². The molecule has 2 aromatic carbocycles. The van der Waals surface area contributed by atoms with Gasteiger partial charge in [-0.15, -0.1) is 0 Å². The van der Waals surface area contributed by atoms with Crippen LogP contribution in [0, 0.1) is 13.8 Å². The molecular weight excluding hydrogens is 414 g/mol. The summed E-state index contributed by atoms with van der Waals surface area (Å²) in [6, 6.07) is 12.1. The van der Waals surface area contributed by atoms with Gasteiger partial charge in [0.2, 0.25) is 15.9 Å². The van der Waals surface area contributed by atoms with E-state index in [1.807, 2.05) is 0 Å². The van der Waals surface area contributed by atoms with Crippen molar-refractivity contribution in [2.75, 3.05) is 48.7 Å². The average Bonchev–Trinajstić information content (AvgIpc) is 2.75. The first-order chi connectivity index (χ1) is 14.6. The van der Waals surface area contributed by atoms with Gasteiger partial charge in [-0.1, -0.05) is 12.1 Å². The van der Waals surface area contributed by atoms with E-state index in [4.69, 9.17) is 4.74 Å². The molecule has 0 N–H and O–H groups in total. The van der Waals surface area contributed by atoms with E-state index in [9.17, 15) is 13.2 Å². The predicted molar refractivity (Wildman–Crippen MR) is 124 cm³/mol. The zero-order chi connectivity index (χ0) is 22.8. The number of anilines is 2. The van der Waals surface area contributed by atoms with E-state index in [2.05, 4.69) is 36.9 Å². The summed E-state index contributed by atoms with van der Waals surface area (Å²) >= 11 is 0. The van der Waals surface area contributed by atoms with Crippen LogP contribution in [0.4, 0.5) is 11.4 Å². The quantitative estimate of drug-likeness (QED) is 0.684. The molecule has 0 spiro atoms. The highest BCUT2D eigenvalue weighted by Gasteiger charge is 2.33. The van der Waals surface area contributed by atoms with Crippen molar-refractivity contribution in [1.82, 2.24) is 4.90 Å². The fraction of sp³-hybridized carbons (Fsp3) is 0.435. The first kappa shape index (κ1) is 22.9. The van der Waals surface area contributed by atoms with Crippen molar-refractivity contribution < 1.29 is 17.9 Å². The molecule has 1 aliphatic rings. The van der Waals surface area contributed by atoms with Crippen LogP contribution in [0.5, 0.6) is 5.75 Å². The molecule has 1 aliphatic heterocycles. The summed E-state index contributed by atoms with van der Waals surface area (Å²) in [5, 5.41) is 0. The van der Waals surface area contributed by atoms with Gasteiger partial charge in [-0.25, -0.2) is 8.42 Å². The fourth-order valence-electron chi connectivity index (χ4n) is 4.04. The van der Waals surface area contributed by atoms with Crippen molar-refractivity contribution in [2.45, 2.75) is 26.8 Å². The molecule has 1 amide bonds. The Kier molecular flexibility index (Phi) is 6.79. The Morgan fingerprint density at radius 1 is 1.03 bits per heavy atom. The van der Waals surface area contributed by atoms with Crippen molar-refractivity contribution >= 4 is 27.3 Å². The molecule has 1 fully saturated rings. The van der Waals surface area contributed by atoms with E-state index in [0.717, 1.165) is 6.26 Å². The molecule has 7 nitrogen and oxygen atoms in total. The van der Waals surface area contributed by atoms with Crippen LogP contribution < -0.4 is 13.9 Å². The van der Waals surface area contributed by atoms with Gasteiger partial charge < -0.3 is 14.5 Å². The predicted octanol–water partition coefficient (Wildman–Crippen LogP) is 2.82. The zero-order valence-electron chi connectivity index (χ0n) is 18.8. The van der Waals surface area contributed by atoms with Gasteiger partial charge in [-0.2, -0.15) is 0 Å². The van der Waals surface area contributed by atoms with Gasteiger partial charge in [0.15, 0.2) is 0 Å². The molecule has 0 radical (unpaired) electrons. The lowest BCUT2D eigenvalue weighted by atomic mass is 10.1. The van der Waals surface area contributed by atoms with E-state index >= 15 is 0 Å². The summed E-state index contributed by atoms with van der Waals surface area (Å²) in [6.45, 7) is 8.38. The van der Waals surface area contributed by atoms with Crippen molar-refractivity contribution in [3.63, 3.8) is 0 Å². The number of ether oxygens (including phenoxy) is 1. The first-order valence-corrected chi connectivity index (χ1v) is 12.2. The molecule has 1 heterocycles. The molecular formula is C23H31N3O4S. The van der Waals surface area contributed by atoms with Gasteiger partial charge >= 0.3 is 0 Å². The number of sulfonamides is 1. The Bertz CT molecular complexity index is 1030. The molecule has 0 aromatic heterocycles. The lowest BCUT2D eigenvalue weighted by Gasteiger charge is -2.39. The maximum absolute atomic E-state index is 13.2. The highest BCUT2D eigenvalue weighted by atomic mass is 32.2. The number of carbonyl (C=O) groups excluding carboxylic acids is 1. The van der Waals surface area contributed by atoms with Crippen LogP contribution in [0.25, 0.3) is 0 Å². The maximum Gasteiger partial charge on any atom is 0.246 e. The topological polar surface area (TPSA) is 70.2 Å². The molecule has 31 heavy (non-hydrogen) atoms. The van der Waals surface area contributed by atoms with E-state index in [-0.39, 0.29) is 5.91 Å². The number of amides is 1. The molecule has 0 bridgehead atoms. The van der Waals surface area contributed by atoms with E-state index in [0.29, 0.717) is 37.6 Å². The number of nitrogens with zero attached hydrogens (tertiary/aromatic N) is 3. The van der Waals surface area contributed by atoms with E-state index in [1.165, 1.54) is 21.1 Å². The normalized spacial score (nSPS) is 15.5. The van der Waals surface area contributed by atoms with Crippen LogP contribution in [0.15, 0.2) is 42.5 Å². The number of hydrogen-bond donors (Lipinski definition) is 0.